The van der Waals surface area contributed by atoms with Gasteiger partial charge in [-0.2, -0.15) is 13.5 Å². The van der Waals surface area contributed by atoms with E-state index < -0.39 is 10.0 Å². The number of anilines is 1. The van der Waals surface area contributed by atoms with Crippen LogP contribution in [0.1, 0.15) is 0 Å². The Labute approximate surface area is 135 Å². The van der Waals surface area contributed by atoms with Gasteiger partial charge in [-0.3, -0.25) is 9.82 Å². The summed E-state index contributed by atoms with van der Waals surface area (Å²) in [6, 6.07) is 5.15. The van der Waals surface area contributed by atoms with E-state index >= 15 is 0 Å². The third-order valence-electron chi connectivity index (χ3n) is 3.34. The Bertz CT molecular complexity index is 979. The summed E-state index contributed by atoms with van der Waals surface area (Å²) < 4.78 is 29.4. The van der Waals surface area contributed by atoms with Crippen molar-refractivity contribution in [2.24, 2.45) is 0 Å². The SMILES string of the molecule is O=S(=O)(Nc1ccc2cn[nH]c2c1)c1c(Cl)nc2n1CCS2. The van der Waals surface area contributed by atoms with E-state index in [0.717, 1.165) is 16.7 Å². The monoisotopic (exact) mass is 355 g/mol. The smallest absolute Gasteiger partial charge is 0.280 e. The van der Waals surface area contributed by atoms with Crippen LogP contribution >= 0.6 is 23.4 Å². The molecular formula is C12H10ClN5O2S2. The zero-order valence-corrected chi connectivity index (χ0v) is 13.5. The van der Waals surface area contributed by atoms with Gasteiger partial charge >= 0.3 is 0 Å². The molecule has 22 heavy (non-hydrogen) atoms. The minimum atomic E-state index is -3.81. The standard InChI is InChI=1S/C12H10ClN5O2S2/c13-10-11(18-3-4-21-12(18)15-10)22(19,20)17-8-2-1-7-6-14-16-9(7)5-8/h1-2,5-6,17H,3-4H2,(H,14,16). The first-order valence-corrected chi connectivity index (χ1v) is 9.24. The van der Waals surface area contributed by atoms with Crippen LogP contribution in [0.2, 0.25) is 5.15 Å². The van der Waals surface area contributed by atoms with Gasteiger partial charge in [0, 0.05) is 17.7 Å². The number of aromatic amines is 1. The maximum absolute atomic E-state index is 12.6. The van der Waals surface area contributed by atoms with Crippen LogP contribution in [-0.4, -0.2) is 33.9 Å². The van der Waals surface area contributed by atoms with Crippen molar-refractivity contribution in [2.45, 2.75) is 16.7 Å². The van der Waals surface area contributed by atoms with Crippen LogP contribution in [-0.2, 0) is 16.6 Å². The summed E-state index contributed by atoms with van der Waals surface area (Å²) in [6.07, 6.45) is 1.67. The Hall–Kier alpha value is -1.71. The highest BCUT2D eigenvalue weighted by atomic mass is 35.5. The molecule has 0 saturated carbocycles. The van der Waals surface area contributed by atoms with E-state index in [0.29, 0.717) is 17.4 Å². The minimum Gasteiger partial charge on any atom is -0.306 e. The number of imidazole rings is 1. The number of nitrogens with zero attached hydrogens (tertiary/aromatic N) is 3. The summed E-state index contributed by atoms with van der Waals surface area (Å²) in [5.74, 6) is 0.794. The lowest BCUT2D eigenvalue weighted by atomic mass is 10.2. The molecule has 0 aliphatic carbocycles. The average Bonchev–Trinajstić information content (AvgIpc) is 3.11. The van der Waals surface area contributed by atoms with Crippen molar-refractivity contribution >= 4 is 50.0 Å². The predicted molar refractivity (Wildman–Crippen MR) is 84.9 cm³/mol. The van der Waals surface area contributed by atoms with Gasteiger partial charge in [-0.1, -0.05) is 23.4 Å². The van der Waals surface area contributed by atoms with Gasteiger partial charge in [0.1, 0.15) is 0 Å². The molecule has 2 N–H and O–H groups in total. The van der Waals surface area contributed by atoms with Crippen molar-refractivity contribution in [3.05, 3.63) is 29.5 Å². The van der Waals surface area contributed by atoms with Crippen molar-refractivity contribution < 1.29 is 8.42 Å². The van der Waals surface area contributed by atoms with Crippen molar-refractivity contribution in [3.63, 3.8) is 0 Å². The van der Waals surface area contributed by atoms with Gasteiger partial charge in [0.2, 0.25) is 0 Å². The highest BCUT2D eigenvalue weighted by Crippen LogP contribution is 2.34. The summed E-state index contributed by atoms with van der Waals surface area (Å²) in [6.45, 7) is 0.579. The summed E-state index contributed by atoms with van der Waals surface area (Å²) >= 11 is 7.50. The second-order valence-electron chi connectivity index (χ2n) is 4.77. The Kier molecular flexibility index (Phi) is 3.10. The molecule has 0 spiro atoms. The number of hydrogen-bond acceptors (Lipinski definition) is 5. The second-order valence-corrected chi connectivity index (χ2v) is 7.79. The lowest BCUT2D eigenvalue weighted by Crippen LogP contribution is -2.17. The van der Waals surface area contributed by atoms with Gasteiger partial charge in [0.05, 0.1) is 17.4 Å². The lowest BCUT2D eigenvalue weighted by Gasteiger charge is -2.09. The summed E-state index contributed by atoms with van der Waals surface area (Å²) in [4.78, 5) is 4.10. The number of benzene rings is 1. The molecule has 0 saturated heterocycles. The van der Waals surface area contributed by atoms with E-state index in [1.807, 2.05) is 0 Å². The number of rotatable bonds is 3. The van der Waals surface area contributed by atoms with E-state index in [1.165, 1.54) is 11.8 Å². The van der Waals surface area contributed by atoms with Crippen molar-refractivity contribution in [2.75, 3.05) is 10.5 Å². The van der Waals surface area contributed by atoms with Crippen molar-refractivity contribution in [3.8, 4) is 0 Å². The largest absolute Gasteiger partial charge is 0.306 e. The Morgan fingerprint density at radius 3 is 3.14 bits per heavy atom. The third kappa shape index (κ3) is 2.16. The normalized spacial score (nSPS) is 14.4. The van der Waals surface area contributed by atoms with Crippen molar-refractivity contribution in [1.82, 2.24) is 19.7 Å². The molecule has 0 unspecified atom stereocenters. The van der Waals surface area contributed by atoms with Crippen molar-refractivity contribution in [1.29, 1.82) is 0 Å². The van der Waals surface area contributed by atoms with E-state index in [2.05, 4.69) is 19.9 Å². The van der Waals surface area contributed by atoms with Gasteiger partial charge in [0.25, 0.3) is 10.0 Å². The van der Waals surface area contributed by atoms with E-state index in [4.69, 9.17) is 11.6 Å². The van der Waals surface area contributed by atoms with E-state index in [9.17, 15) is 8.42 Å². The molecule has 1 aromatic carbocycles. The zero-order chi connectivity index (χ0) is 15.3. The van der Waals surface area contributed by atoms with Crippen LogP contribution < -0.4 is 4.72 Å². The molecule has 1 aliphatic heterocycles. The number of nitrogens with one attached hydrogen (secondary N) is 2. The maximum Gasteiger partial charge on any atom is 0.280 e. The molecule has 0 radical (unpaired) electrons. The number of fused-ring (bicyclic) bond motifs is 2. The molecule has 3 aromatic rings. The fourth-order valence-electron chi connectivity index (χ4n) is 2.39. The third-order valence-corrected chi connectivity index (χ3v) is 6.10. The van der Waals surface area contributed by atoms with Gasteiger partial charge in [-0.05, 0) is 18.2 Å². The molecule has 3 heterocycles. The molecule has 2 aromatic heterocycles. The lowest BCUT2D eigenvalue weighted by molar-refractivity contribution is 0.577. The van der Waals surface area contributed by atoms with Crippen LogP contribution in [0.4, 0.5) is 5.69 Å². The van der Waals surface area contributed by atoms with Crippen LogP contribution in [0.25, 0.3) is 10.9 Å². The predicted octanol–water partition coefficient (Wildman–Crippen LogP) is 2.32. The van der Waals surface area contributed by atoms with Crippen LogP contribution in [0.15, 0.2) is 34.6 Å². The first kappa shape index (κ1) is 13.9. The first-order chi connectivity index (χ1) is 10.5. The number of thioether (sulfide) groups is 1. The van der Waals surface area contributed by atoms with Crippen LogP contribution in [0, 0.1) is 0 Å². The molecule has 114 valence electrons. The van der Waals surface area contributed by atoms with Gasteiger partial charge in [-0.15, -0.1) is 0 Å². The molecule has 4 rings (SSSR count). The Morgan fingerprint density at radius 1 is 1.41 bits per heavy atom. The average molecular weight is 356 g/mol. The highest BCUT2D eigenvalue weighted by molar-refractivity contribution is 7.99. The fraction of sp³-hybridized carbons (Fsp3) is 0.167. The van der Waals surface area contributed by atoms with E-state index in [-0.39, 0.29) is 10.2 Å². The maximum atomic E-state index is 12.6. The number of aromatic nitrogens is 4. The molecule has 7 nitrogen and oxygen atoms in total. The molecule has 0 bridgehead atoms. The van der Waals surface area contributed by atoms with Gasteiger partial charge in [0.15, 0.2) is 15.3 Å². The molecule has 0 amide bonds. The molecule has 0 atom stereocenters. The molecule has 1 aliphatic rings. The highest BCUT2D eigenvalue weighted by Gasteiger charge is 2.30. The number of halogens is 1. The molecular weight excluding hydrogens is 346 g/mol. The fourth-order valence-corrected chi connectivity index (χ4v) is 5.20. The Balaban J connectivity index is 1.75. The zero-order valence-electron chi connectivity index (χ0n) is 11.1. The number of hydrogen-bond donors (Lipinski definition) is 2. The van der Waals surface area contributed by atoms with E-state index in [1.54, 1.807) is 29.0 Å². The molecule has 0 fully saturated rings. The Morgan fingerprint density at radius 2 is 2.27 bits per heavy atom. The number of H-pyrrole nitrogens is 1. The minimum absolute atomic E-state index is 0.00248. The topological polar surface area (TPSA) is 92.7 Å². The first-order valence-electron chi connectivity index (χ1n) is 6.39. The number of sulfonamides is 1. The van der Waals surface area contributed by atoms with Gasteiger partial charge in [-0.25, -0.2) is 4.98 Å². The van der Waals surface area contributed by atoms with Crippen LogP contribution in [0.5, 0.6) is 0 Å². The molecule has 10 heteroatoms. The summed E-state index contributed by atoms with van der Waals surface area (Å²) in [5.41, 5.74) is 1.19. The summed E-state index contributed by atoms with van der Waals surface area (Å²) in [5, 5.41) is 8.26. The second kappa shape index (κ2) is 4.90. The van der Waals surface area contributed by atoms with Crippen LogP contribution in [0.3, 0.4) is 0 Å². The van der Waals surface area contributed by atoms with Gasteiger partial charge < -0.3 is 4.57 Å². The quantitative estimate of drug-likeness (QED) is 0.752. The summed E-state index contributed by atoms with van der Waals surface area (Å²) in [7, 11) is -3.81.